The number of nitrogens with one attached hydrogen (secondary N) is 1. The summed E-state index contributed by atoms with van der Waals surface area (Å²) < 4.78 is 5.88. The molecule has 0 radical (unpaired) electrons. The molecule has 0 rings (SSSR count). The summed E-state index contributed by atoms with van der Waals surface area (Å²) in [7, 11) is 0. The van der Waals surface area contributed by atoms with E-state index in [1.165, 1.54) is 70.6 Å². The average molecular weight is 900 g/mol. The molecule has 1 amide bonds. The lowest BCUT2D eigenvalue weighted by Crippen LogP contribution is -2.46. The number of rotatable bonds is 45. The topological polar surface area (TPSA) is 95.9 Å². The summed E-state index contributed by atoms with van der Waals surface area (Å²) in [5.74, 6) is -0.626. The van der Waals surface area contributed by atoms with Crippen molar-refractivity contribution in [1.82, 2.24) is 5.32 Å². The Morgan fingerprint density at radius 3 is 1.43 bits per heavy atom. The first kappa shape index (κ1) is 61.3. The van der Waals surface area contributed by atoms with Gasteiger partial charge in [0, 0.05) is 6.42 Å². The third-order valence-corrected chi connectivity index (χ3v) is 11.1. The highest BCUT2D eigenvalue weighted by atomic mass is 16.5. The number of carbonyl (C=O) groups is 2. The lowest BCUT2D eigenvalue weighted by molar-refractivity contribution is -0.150. The third kappa shape index (κ3) is 46.6. The molecule has 0 aromatic carbocycles. The number of hydrogen-bond donors (Lipinski definition) is 3. The van der Waals surface area contributed by atoms with Crippen LogP contribution in [0.15, 0.2) is 122 Å². The molecule has 3 atom stereocenters. The second-order valence-corrected chi connectivity index (χ2v) is 17.3. The highest BCUT2D eigenvalue weighted by Crippen LogP contribution is 2.17. The maximum atomic E-state index is 13.2. The zero-order valence-electron chi connectivity index (χ0n) is 41.8. The Morgan fingerprint density at radius 2 is 0.923 bits per heavy atom. The molecule has 0 aliphatic heterocycles. The third-order valence-electron chi connectivity index (χ3n) is 11.1. The number of aliphatic hydroxyl groups is 2. The number of ether oxygens (including phenoxy) is 1. The molecular weight excluding hydrogens is 803 g/mol. The standard InChI is InChI=1S/C59H97NO5/c1-4-7-10-13-16-19-22-25-28-30-32-35-38-41-44-47-50-55(65-59(64)52-49-46-43-40-37-34-31-29-26-23-20-17-14-11-8-5-2)53-58(63)60-56(54-61)57(62)51-48-45-42-39-36-33-27-24-21-18-15-12-9-6-3/h8,10-11,13,16-17,19-20,22,25-26,28-30,32,34-35,37,43,46,55-57,61-62H,4-7,9,12,14-15,18,21,23-24,27,31,33,36,38-42,44-45,47-54H2,1-3H3,(H,60,63)/b11-8+,13-10+,19-16+,20-17+,25-22+,29-26+,30-28+,35-32+,37-34+,46-43+. The molecule has 0 spiro atoms. The normalized spacial score (nSPS) is 14.2. The van der Waals surface area contributed by atoms with Crippen molar-refractivity contribution in [1.29, 1.82) is 0 Å². The van der Waals surface area contributed by atoms with Crippen LogP contribution in [0, 0.1) is 0 Å². The Labute approximate surface area is 400 Å². The molecule has 3 unspecified atom stereocenters. The van der Waals surface area contributed by atoms with E-state index in [0.717, 1.165) is 89.9 Å². The minimum absolute atomic E-state index is 0.0118. The Morgan fingerprint density at radius 1 is 0.477 bits per heavy atom. The summed E-state index contributed by atoms with van der Waals surface area (Å²) in [5, 5.41) is 23.8. The molecule has 0 bridgehead atoms. The van der Waals surface area contributed by atoms with Gasteiger partial charge in [0.15, 0.2) is 0 Å². The molecule has 0 aromatic rings. The largest absolute Gasteiger partial charge is 0.462 e. The van der Waals surface area contributed by atoms with Crippen molar-refractivity contribution in [2.75, 3.05) is 6.61 Å². The maximum Gasteiger partial charge on any atom is 0.306 e. The van der Waals surface area contributed by atoms with E-state index < -0.39 is 18.2 Å². The maximum absolute atomic E-state index is 13.2. The van der Waals surface area contributed by atoms with Gasteiger partial charge in [0.2, 0.25) is 5.91 Å². The van der Waals surface area contributed by atoms with Gasteiger partial charge in [-0.1, -0.05) is 245 Å². The van der Waals surface area contributed by atoms with E-state index in [1.54, 1.807) is 0 Å². The van der Waals surface area contributed by atoms with Crippen molar-refractivity contribution in [3.05, 3.63) is 122 Å². The Kier molecular flexibility index (Phi) is 48.3. The number of amides is 1. The fourth-order valence-corrected chi connectivity index (χ4v) is 7.21. The average Bonchev–Trinajstić information content (AvgIpc) is 3.30. The van der Waals surface area contributed by atoms with Gasteiger partial charge >= 0.3 is 5.97 Å². The molecule has 0 aromatic heterocycles. The van der Waals surface area contributed by atoms with Crippen LogP contribution < -0.4 is 5.32 Å². The molecule has 0 saturated carbocycles. The van der Waals surface area contributed by atoms with Crippen LogP contribution in [0.3, 0.4) is 0 Å². The number of unbranched alkanes of at least 4 members (excludes halogenated alkanes) is 17. The Bertz CT molecular complexity index is 1380. The molecule has 6 heteroatoms. The van der Waals surface area contributed by atoms with Crippen LogP contribution in [-0.2, 0) is 14.3 Å². The number of esters is 1. The molecule has 0 aliphatic rings. The SMILES string of the molecule is CC/C=C/C/C=C/C/C=C/C/C=C/C/C=C/CCC(=O)OC(CCCCC/C=C/C=C/C=C/C=C/C=C/CCC)CC(=O)NC(CO)C(O)CCCCCCCCCCCCCCCC. The number of hydrogen-bond acceptors (Lipinski definition) is 5. The summed E-state index contributed by atoms with van der Waals surface area (Å²) >= 11 is 0. The minimum atomic E-state index is -0.820. The molecule has 0 saturated heterocycles. The second kappa shape index (κ2) is 51.2. The fraction of sp³-hybridized carbons (Fsp3) is 0.627. The highest BCUT2D eigenvalue weighted by molar-refractivity contribution is 5.77. The van der Waals surface area contributed by atoms with E-state index in [-0.39, 0.29) is 31.3 Å². The van der Waals surface area contributed by atoms with Crippen LogP contribution in [0.1, 0.15) is 213 Å². The number of aliphatic hydroxyl groups excluding tert-OH is 2. The van der Waals surface area contributed by atoms with Crippen molar-refractivity contribution < 1.29 is 24.5 Å². The van der Waals surface area contributed by atoms with E-state index in [0.29, 0.717) is 19.3 Å². The van der Waals surface area contributed by atoms with Crippen molar-refractivity contribution in [3.8, 4) is 0 Å². The van der Waals surface area contributed by atoms with Crippen molar-refractivity contribution in [2.24, 2.45) is 0 Å². The van der Waals surface area contributed by atoms with Gasteiger partial charge in [-0.2, -0.15) is 0 Å². The summed E-state index contributed by atoms with van der Waals surface area (Å²) in [6, 6.07) is -0.739. The molecule has 0 aliphatic carbocycles. The van der Waals surface area contributed by atoms with Gasteiger partial charge in [-0.3, -0.25) is 9.59 Å². The van der Waals surface area contributed by atoms with Gasteiger partial charge in [0.05, 0.1) is 25.2 Å². The van der Waals surface area contributed by atoms with Gasteiger partial charge in [-0.05, 0) is 77.0 Å². The second-order valence-electron chi connectivity index (χ2n) is 17.3. The van der Waals surface area contributed by atoms with Crippen molar-refractivity contribution in [3.63, 3.8) is 0 Å². The first-order valence-electron chi connectivity index (χ1n) is 26.3. The zero-order valence-corrected chi connectivity index (χ0v) is 41.8. The first-order chi connectivity index (χ1) is 32.0. The van der Waals surface area contributed by atoms with E-state index in [4.69, 9.17) is 4.74 Å². The van der Waals surface area contributed by atoms with Gasteiger partial charge in [0.25, 0.3) is 0 Å². The number of carbonyl (C=O) groups excluding carboxylic acids is 2. The number of allylic oxidation sites excluding steroid dienone is 20. The van der Waals surface area contributed by atoms with Crippen LogP contribution in [0.2, 0.25) is 0 Å². The van der Waals surface area contributed by atoms with E-state index >= 15 is 0 Å². The smallest absolute Gasteiger partial charge is 0.306 e. The summed E-state index contributed by atoms with van der Waals surface area (Å²) in [4.78, 5) is 26.1. The lowest BCUT2D eigenvalue weighted by atomic mass is 10.0. The molecule has 0 fully saturated rings. The molecule has 368 valence electrons. The lowest BCUT2D eigenvalue weighted by Gasteiger charge is -2.24. The van der Waals surface area contributed by atoms with E-state index in [9.17, 15) is 19.8 Å². The minimum Gasteiger partial charge on any atom is -0.462 e. The van der Waals surface area contributed by atoms with Crippen LogP contribution >= 0.6 is 0 Å². The summed E-state index contributed by atoms with van der Waals surface area (Å²) in [6.45, 7) is 6.24. The zero-order chi connectivity index (χ0) is 47.4. The predicted molar refractivity (Wildman–Crippen MR) is 282 cm³/mol. The summed E-state index contributed by atoms with van der Waals surface area (Å²) in [6.07, 6.45) is 71.2. The quantitative estimate of drug-likeness (QED) is 0.0245. The van der Waals surface area contributed by atoms with Crippen LogP contribution in [-0.4, -0.2) is 46.9 Å². The molecule has 3 N–H and O–H groups in total. The Balaban J connectivity index is 4.81. The highest BCUT2D eigenvalue weighted by Gasteiger charge is 2.24. The van der Waals surface area contributed by atoms with Gasteiger partial charge in [-0.15, -0.1) is 0 Å². The molecule has 0 heterocycles. The molecule has 65 heavy (non-hydrogen) atoms. The van der Waals surface area contributed by atoms with Crippen molar-refractivity contribution >= 4 is 11.9 Å². The van der Waals surface area contributed by atoms with Crippen LogP contribution in [0.4, 0.5) is 0 Å². The van der Waals surface area contributed by atoms with Crippen molar-refractivity contribution in [2.45, 2.75) is 232 Å². The van der Waals surface area contributed by atoms with Gasteiger partial charge in [0.1, 0.15) is 6.10 Å². The van der Waals surface area contributed by atoms with Gasteiger partial charge in [-0.25, -0.2) is 0 Å². The first-order valence-corrected chi connectivity index (χ1v) is 26.3. The fourth-order valence-electron chi connectivity index (χ4n) is 7.21. The Hall–Kier alpha value is -3.74. The van der Waals surface area contributed by atoms with E-state index in [2.05, 4.69) is 105 Å². The van der Waals surface area contributed by atoms with Crippen LogP contribution in [0.5, 0.6) is 0 Å². The van der Waals surface area contributed by atoms with Gasteiger partial charge < -0.3 is 20.3 Å². The molecule has 6 nitrogen and oxygen atoms in total. The summed E-state index contributed by atoms with van der Waals surface area (Å²) in [5.41, 5.74) is 0. The van der Waals surface area contributed by atoms with Crippen LogP contribution in [0.25, 0.3) is 0 Å². The predicted octanol–water partition coefficient (Wildman–Crippen LogP) is 16.1. The monoisotopic (exact) mass is 900 g/mol. The molecular formula is C59H97NO5. The van der Waals surface area contributed by atoms with E-state index in [1.807, 2.05) is 42.5 Å².